The molecule has 0 aliphatic rings. The summed E-state index contributed by atoms with van der Waals surface area (Å²) in [5.74, 6) is -0.706. The molecule has 0 unspecified atom stereocenters. The number of anilines is 1. The van der Waals surface area contributed by atoms with Crippen molar-refractivity contribution < 1.29 is 19.6 Å². The van der Waals surface area contributed by atoms with Crippen LogP contribution in [0.3, 0.4) is 0 Å². The summed E-state index contributed by atoms with van der Waals surface area (Å²) < 4.78 is 0.614. The number of hydrogen-bond acceptors (Lipinski definition) is 7. The van der Waals surface area contributed by atoms with Crippen molar-refractivity contribution in [1.82, 2.24) is 4.98 Å². The van der Waals surface area contributed by atoms with Crippen molar-refractivity contribution in [2.45, 2.75) is 6.42 Å². The van der Waals surface area contributed by atoms with Gasteiger partial charge in [-0.1, -0.05) is 11.3 Å². The van der Waals surface area contributed by atoms with Gasteiger partial charge in [0.2, 0.25) is 5.91 Å². The van der Waals surface area contributed by atoms with Gasteiger partial charge in [0.1, 0.15) is 0 Å². The molecule has 1 heterocycles. The van der Waals surface area contributed by atoms with E-state index in [1.165, 1.54) is 30.0 Å². The Bertz CT molecular complexity index is 731. The number of aliphatic carboxylic acids is 1. The van der Waals surface area contributed by atoms with Crippen LogP contribution >= 0.6 is 23.1 Å². The Morgan fingerprint density at radius 3 is 2.91 bits per heavy atom. The Hall–Kier alpha value is -2.20. The monoisotopic (exact) mass is 341 g/mol. The van der Waals surface area contributed by atoms with Gasteiger partial charge in [-0.15, -0.1) is 0 Å². The molecule has 0 spiro atoms. The van der Waals surface area contributed by atoms with Crippen molar-refractivity contribution in [3.05, 3.63) is 28.3 Å². The number of thioether (sulfide) groups is 1. The predicted octanol–water partition coefficient (Wildman–Crippen LogP) is 2.35. The second kappa shape index (κ2) is 7.18. The van der Waals surface area contributed by atoms with Crippen LogP contribution in [0.1, 0.15) is 6.42 Å². The number of thiazole rings is 1. The number of carbonyl (C=O) groups is 2. The van der Waals surface area contributed by atoms with Gasteiger partial charge >= 0.3 is 5.97 Å². The van der Waals surface area contributed by atoms with Gasteiger partial charge in [0, 0.05) is 17.9 Å². The molecule has 116 valence electrons. The van der Waals surface area contributed by atoms with Gasteiger partial charge < -0.3 is 10.4 Å². The van der Waals surface area contributed by atoms with Crippen LogP contribution in [0.2, 0.25) is 0 Å². The van der Waals surface area contributed by atoms with Crippen LogP contribution in [0.15, 0.2) is 18.2 Å². The molecule has 0 bridgehead atoms. The first-order valence-electron chi connectivity index (χ1n) is 6.10. The maximum atomic E-state index is 11.7. The van der Waals surface area contributed by atoms with Crippen molar-refractivity contribution >= 4 is 56.0 Å². The minimum Gasteiger partial charge on any atom is -0.481 e. The molecule has 2 rings (SSSR count). The Morgan fingerprint density at radius 2 is 2.23 bits per heavy atom. The number of nitro benzene ring substituents is 1. The van der Waals surface area contributed by atoms with Crippen molar-refractivity contribution in [3.8, 4) is 0 Å². The van der Waals surface area contributed by atoms with Crippen molar-refractivity contribution in [2.24, 2.45) is 0 Å². The summed E-state index contributed by atoms with van der Waals surface area (Å²) in [5, 5.41) is 22.1. The molecule has 0 aliphatic heterocycles. The minimum absolute atomic E-state index is 0.00273. The third-order valence-electron chi connectivity index (χ3n) is 2.52. The Labute approximate surface area is 132 Å². The third-order valence-corrected chi connectivity index (χ3v) is 4.42. The quantitative estimate of drug-likeness (QED) is 0.450. The molecule has 0 saturated heterocycles. The van der Waals surface area contributed by atoms with Gasteiger partial charge in [0.15, 0.2) is 5.13 Å². The van der Waals surface area contributed by atoms with Crippen molar-refractivity contribution in [2.75, 3.05) is 16.8 Å². The lowest BCUT2D eigenvalue weighted by atomic mass is 10.3. The molecule has 2 aromatic rings. The van der Waals surface area contributed by atoms with Crippen LogP contribution < -0.4 is 5.32 Å². The van der Waals surface area contributed by atoms with Crippen LogP contribution in [-0.2, 0) is 9.59 Å². The topological polar surface area (TPSA) is 122 Å². The van der Waals surface area contributed by atoms with E-state index in [9.17, 15) is 19.7 Å². The van der Waals surface area contributed by atoms with Crippen LogP contribution in [0.25, 0.3) is 10.2 Å². The number of hydrogen-bond donors (Lipinski definition) is 2. The summed E-state index contributed by atoms with van der Waals surface area (Å²) in [5.41, 5.74) is 0.544. The molecule has 2 N–H and O–H groups in total. The Kier molecular flexibility index (Phi) is 5.28. The molecule has 0 radical (unpaired) electrons. The molecule has 10 heteroatoms. The molecule has 0 fully saturated rings. The van der Waals surface area contributed by atoms with E-state index in [4.69, 9.17) is 5.11 Å². The average molecular weight is 341 g/mol. The third kappa shape index (κ3) is 4.40. The molecule has 8 nitrogen and oxygen atoms in total. The lowest BCUT2D eigenvalue weighted by Gasteiger charge is -2.00. The number of nitrogens with zero attached hydrogens (tertiary/aromatic N) is 2. The van der Waals surface area contributed by atoms with Gasteiger partial charge in [-0.2, -0.15) is 11.8 Å². The number of carboxylic acids is 1. The molecular weight excluding hydrogens is 330 g/mol. The second-order valence-electron chi connectivity index (χ2n) is 4.17. The zero-order valence-corrected chi connectivity index (χ0v) is 12.8. The highest BCUT2D eigenvalue weighted by Gasteiger charge is 2.12. The van der Waals surface area contributed by atoms with E-state index in [0.717, 1.165) is 11.3 Å². The largest absolute Gasteiger partial charge is 0.481 e. The number of nitro groups is 1. The smallest absolute Gasteiger partial charge is 0.304 e. The van der Waals surface area contributed by atoms with Gasteiger partial charge in [-0.25, -0.2) is 4.98 Å². The van der Waals surface area contributed by atoms with Crippen LogP contribution in [0, 0.1) is 10.1 Å². The van der Waals surface area contributed by atoms with Gasteiger partial charge in [-0.05, 0) is 6.07 Å². The van der Waals surface area contributed by atoms with E-state index in [2.05, 4.69) is 10.3 Å². The SMILES string of the molecule is O=C(O)CCSCC(=O)Nc1nc2ccc([N+](=O)[O-])cc2s1. The summed E-state index contributed by atoms with van der Waals surface area (Å²) in [4.78, 5) is 36.4. The van der Waals surface area contributed by atoms with E-state index in [-0.39, 0.29) is 23.8 Å². The normalized spacial score (nSPS) is 10.5. The highest BCUT2D eigenvalue weighted by Crippen LogP contribution is 2.29. The fourth-order valence-electron chi connectivity index (χ4n) is 1.56. The molecule has 0 saturated carbocycles. The molecule has 0 aliphatic carbocycles. The fraction of sp³-hybridized carbons (Fsp3) is 0.250. The van der Waals surface area contributed by atoms with E-state index >= 15 is 0 Å². The van der Waals surface area contributed by atoms with Crippen LogP contribution in [0.5, 0.6) is 0 Å². The Balaban J connectivity index is 1.95. The Morgan fingerprint density at radius 1 is 1.45 bits per heavy atom. The molecule has 1 amide bonds. The van der Waals surface area contributed by atoms with E-state index in [1.54, 1.807) is 0 Å². The first-order chi connectivity index (χ1) is 10.5. The first-order valence-corrected chi connectivity index (χ1v) is 8.07. The van der Waals surface area contributed by atoms with Gasteiger partial charge in [0.05, 0.1) is 27.3 Å². The molecular formula is C12H11N3O5S2. The summed E-state index contributed by atoms with van der Waals surface area (Å²) in [7, 11) is 0. The number of non-ortho nitro benzene ring substituents is 1. The number of aromatic nitrogens is 1. The van der Waals surface area contributed by atoms with E-state index < -0.39 is 10.9 Å². The molecule has 1 aromatic carbocycles. The minimum atomic E-state index is -0.902. The number of rotatable bonds is 7. The van der Waals surface area contributed by atoms with Gasteiger partial charge in [0.25, 0.3) is 5.69 Å². The number of benzene rings is 1. The van der Waals surface area contributed by atoms with E-state index in [1.807, 2.05) is 0 Å². The fourth-order valence-corrected chi connectivity index (χ4v) is 3.20. The van der Waals surface area contributed by atoms with Crippen LogP contribution in [-0.4, -0.2) is 38.4 Å². The number of carboxylic acid groups (broad SMARTS) is 1. The number of nitrogens with one attached hydrogen (secondary N) is 1. The van der Waals surface area contributed by atoms with Crippen LogP contribution in [0.4, 0.5) is 10.8 Å². The molecule has 0 atom stereocenters. The lowest BCUT2D eigenvalue weighted by Crippen LogP contribution is -2.14. The van der Waals surface area contributed by atoms with E-state index in [0.29, 0.717) is 21.1 Å². The maximum Gasteiger partial charge on any atom is 0.304 e. The standard InChI is InChI=1S/C12H11N3O5S2/c16-10(6-21-4-3-11(17)18)14-12-13-8-2-1-7(15(19)20)5-9(8)22-12/h1-2,5H,3-4,6H2,(H,17,18)(H,13,14,16). The first kappa shape index (κ1) is 16.2. The van der Waals surface area contributed by atoms with Gasteiger partial charge in [-0.3, -0.25) is 19.7 Å². The highest BCUT2D eigenvalue weighted by atomic mass is 32.2. The average Bonchev–Trinajstić information content (AvgIpc) is 2.84. The second-order valence-corrected chi connectivity index (χ2v) is 6.31. The summed E-state index contributed by atoms with van der Waals surface area (Å²) in [6, 6.07) is 4.29. The summed E-state index contributed by atoms with van der Waals surface area (Å²) >= 11 is 2.37. The maximum absolute atomic E-state index is 11.7. The number of amides is 1. The highest BCUT2D eigenvalue weighted by molar-refractivity contribution is 7.99. The number of carbonyl (C=O) groups excluding carboxylic acids is 1. The molecule has 1 aromatic heterocycles. The molecule has 22 heavy (non-hydrogen) atoms. The number of fused-ring (bicyclic) bond motifs is 1. The summed E-state index contributed by atoms with van der Waals surface area (Å²) in [6.07, 6.45) is 0.00273. The zero-order valence-electron chi connectivity index (χ0n) is 11.1. The lowest BCUT2D eigenvalue weighted by molar-refractivity contribution is -0.384. The van der Waals surface area contributed by atoms with Crippen molar-refractivity contribution in [1.29, 1.82) is 0 Å². The van der Waals surface area contributed by atoms with Crippen molar-refractivity contribution in [3.63, 3.8) is 0 Å². The summed E-state index contributed by atoms with van der Waals surface area (Å²) in [6.45, 7) is 0. The zero-order chi connectivity index (χ0) is 16.1. The predicted molar refractivity (Wildman–Crippen MR) is 84.5 cm³/mol.